The molecule has 4 rings (SSSR count). The van der Waals surface area contributed by atoms with Crippen LogP contribution in [0.3, 0.4) is 0 Å². The number of hydrogen-bond donors (Lipinski definition) is 0. The summed E-state index contributed by atoms with van der Waals surface area (Å²) >= 11 is 6.07. The molecule has 0 bridgehead atoms. The van der Waals surface area contributed by atoms with E-state index in [0.717, 1.165) is 4.90 Å². The SMILES string of the molecule is COc1ccc(OC)c(N2C(=O)C(c3ccc(Cl)cc3)=C(N3CC(C)OC(C)C3)C2=O)c1. The van der Waals surface area contributed by atoms with Crippen molar-refractivity contribution in [2.24, 2.45) is 0 Å². The molecule has 168 valence electrons. The number of methoxy groups -OCH3 is 2. The second kappa shape index (κ2) is 8.84. The Morgan fingerprint density at radius 1 is 0.938 bits per heavy atom. The van der Waals surface area contributed by atoms with Crippen LogP contribution in [0.4, 0.5) is 5.69 Å². The summed E-state index contributed by atoms with van der Waals surface area (Å²) in [7, 11) is 3.02. The lowest BCUT2D eigenvalue weighted by Crippen LogP contribution is -2.47. The summed E-state index contributed by atoms with van der Waals surface area (Å²) in [5.41, 5.74) is 1.64. The molecular weight excluding hydrogens is 432 g/mol. The van der Waals surface area contributed by atoms with Gasteiger partial charge in [0.15, 0.2) is 0 Å². The summed E-state index contributed by atoms with van der Waals surface area (Å²) in [6.07, 6.45) is -0.165. The fraction of sp³-hybridized carbons (Fsp3) is 0.333. The van der Waals surface area contributed by atoms with Crippen molar-refractivity contribution in [3.63, 3.8) is 0 Å². The molecule has 2 aromatic rings. The Balaban J connectivity index is 1.86. The topological polar surface area (TPSA) is 68.3 Å². The van der Waals surface area contributed by atoms with Gasteiger partial charge < -0.3 is 19.1 Å². The highest BCUT2D eigenvalue weighted by atomic mass is 35.5. The van der Waals surface area contributed by atoms with Gasteiger partial charge in [0.2, 0.25) is 0 Å². The summed E-state index contributed by atoms with van der Waals surface area (Å²) in [4.78, 5) is 30.6. The predicted octanol–water partition coefficient (Wildman–Crippen LogP) is 3.75. The van der Waals surface area contributed by atoms with E-state index in [4.69, 9.17) is 25.8 Å². The summed E-state index contributed by atoms with van der Waals surface area (Å²) in [5, 5.41) is 0.549. The van der Waals surface area contributed by atoms with Crippen molar-refractivity contribution < 1.29 is 23.8 Å². The molecule has 0 saturated carbocycles. The second-order valence-electron chi connectivity index (χ2n) is 7.88. The van der Waals surface area contributed by atoms with Crippen LogP contribution in [-0.2, 0) is 14.3 Å². The fourth-order valence-corrected chi connectivity index (χ4v) is 4.37. The van der Waals surface area contributed by atoms with Gasteiger partial charge in [-0.15, -0.1) is 0 Å². The molecule has 2 atom stereocenters. The lowest BCUT2D eigenvalue weighted by atomic mass is 10.0. The number of carbonyl (C=O) groups is 2. The van der Waals surface area contributed by atoms with Gasteiger partial charge >= 0.3 is 0 Å². The normalized spacial score (nSPS) is 21.4. The average molecular weight is 457 g/mol. The van der Waals surface area contributed by atoms with Crippen molar-refractivity contribution in [1.82, 2.24) is 4.90 Å². The third-order valence-corrected chi connectivity index (χ3v) is 5.81. The maximum atomic E-state index is 13.8. The molecule has 1 saturated heterocycles. The maximum Gasteiger partial charge on any atom is 0.282 e. The molecule has 0 spiro atoms. The molecule has 2 aliphatic rings. The molecule has 2 heterocycles. The zero-order chi connectivity index (χ0) is 23.0. The van der Waals surface area contributed by atoms with Gasteiger partial charge in [0, 0.05) is 24.2 Å². The molecule has 2 aromatic carbocycles. The van der Waals surface area contributed by atoms with Crippen LogP contribution < -0.4 is 14.4 Å². The number of ether oxygens (including phenoxy) is 3. The third kappa shape index (κ3) is 3.94. The van der Waals surface area contributed by atoms with Crippen LogP contribution in [0.25, 0.3) is 5.57 Å². The number of imide groups is 1. The van der Waals surface area contributed by atoms with Gasteiger partial charge in [-0.3, -0.25) is 9.59 Å². The Bertz CT molecular complexity index is 1070. The van der Waals surface area contributed by atoms with Crippen LogP contribution in [0.5, 0.6) is 11.5 Å². The van der Waals surface area contributed by atoms with Gasteiger partial charge in [-0.2, -0.15) is 0 Å². The lowest BCUT2D eigenvalue weighted by molar-refractivity contribution is -0.121. The molecule has 2 amide bonds. The number of morpholine rings is 1. The van der Waals surface area contributed by atoms with Gasteiger partial charge in [-0.1, -0.05) is 23.7 Å². The summed E-state index contributed by atoms with van der Waals surface area (Å²) in [6.45, 7) is 4.91. The smallest absolute Gasteiger partial charge is 0.282 e. The molecule has 0 N–H and O–H groups in total. The molecule has 0 radical (unpaired) electrons. The summed E-state index contributed by atoms with van der Waals surface area (Å²) in [6, 6.07) is 11.9. The van der Waals surface area contributed by atoms with E-state index in [1.165, 1.54) is 14.2 Å². The number of carbonyl (C=O) groups excluding carboxylic acids is 2. The van der Waals surface area contributed by atoms with Gasteiger partial charge in [-0.25, -0.2) is 4.90 Å². The van der Waals surface area contributed by atoms with Crippen molar-refractivity contribution in [3.8, 4) is 11.5 Å². The number of anilines is 1. The van der Waals surface area contributed by atoms with Crippen molar-refractivity contribution in [2.75, 3.05) is 32.2 Å². The molecule has 2 unspecified atom stereocenters. The monoisotopic (exact) mass is 456 g/mol. The van der Waals surface area contributed by atoms with Gasteiger partial charge in [-0.05, 0) is 43.7 Å². The highest BCUT2D eigenvalue weighted by Gasteiger charge is 2.44. The first kappa shape index (κ1) is 22.2. The Kier molecular flexibility index (Phi) is 6.13. The number of amides is 2. The minimum Gasteiger partial charge on any atom is -0.497 e. The van der Waals surface area contributed by atoms with E-state index in [1.807, 2.05) is 18.7 Å². The fourth-order valence-electron chi connectivity index (χ4n) is 4.24. The van der Waals surface area contributed by atoms with Crippen molar-refractivity contribution in [1.29, 1.82) is 0 Å². The standard InChI is InChI=1S/C24H25ClN2O5/c1-14-12-26(13-15(2)32-14)22-21(16-5-7-17(25)8-6-16)23(28)27(24(22)29)19-11-18(30-3)9-10-20(19)31-4/h5-11,14-15H,12-13H2,1-4H3. The third-order valence-electron chi connectivity index (χ3n) is 5.56. The van der Waals surface area contributed by atoms with Gasteiger partial charge in [0.1, 0.15) is 17.2 Å². The Labute approximate surface area is 192 Å². The number of halogens is 1. The van der Waals surface area contributed by atoms with E-state index in [0.29, 0.717) is 52.1 Å². The zero-order valence-corrected chi connectivity index (χ0v) is 19.2. The van der Waals surface area contributed by atoms with E-state index in [1.54, 1.807) is 42.5 Å². The van der Waals surface area contributed by atoms with Crippen molar-refractivity contribution in [3.05, 3.63) is 58.7 Å². The van der Waals surface area contributed by atoms with Gasteiger partial charge in [0.25, 0.3) is 11.8 Å². The van der Waals surface area contributed by atoms with Crippen LogP contribution >= 0.6 is 11.6 Å². The van der Waals surface area contributed by atoms with Crippen LogP contribution in [0.2, 0.25) is 5.02 Å². The molecule has 2 aliphatic heterocycles. The van der Waals surface area contributed by atoms with E-state index in [-0.39, 0.29) is 12.2 Å². The van der Waals surface area contributed by atoms with E-state index >= 15 is 0 Å². The molecule has 8 heteroatoms. The van der Waals surface area contributed by atoms with E-state index in [2.05, 4.69) is 0 Å². The van der Waals surface area contributed by atoms with Crippen LogP contribution in [0.15, 0.2) is 48.2 Å². The molecule has 0 aromatic heterocycles. The predicted molar refractivity (Wildman–Crippen MR) is 122 cm³/mol. The molecule has 1 fully saturated rings. The van der Waals surface area contributed by atoms with E-state index < -0.39 is 11.8 Å². The number of hydrogen-bond acceptors (Lipinski definition) is 6. The Morgan fingerprint density at radius 2 is 1.59 bits per heavy atom. The zero-order valence-electron chi connectivity index (χ0n) is 18.4. The second-order valence-corrected chi connectivity index (χ2v) is 8.31. The minimum atomic E-state index is -0.425. The number of benzene rings is 2. The maximum absolute atomic E-state index is 13.8. The Morgan fingerprint density at radius 3 is 2.19 bits per heavy atom. The summed E-state index contributed by atoms with van der Waals surface area (Å²) in [5.74, 6) is 0.0721. The Hall–Kier alpha value is -3.03. The first-order valence-corrected chi connectivity index (χ1v) is 10.7. The average Bonchev–Trinajstić information content (AvgIpc) is 3.03. The minimum absolute atomic E-state index is 0.0824. The van der Waals surface area contributed by atoms with Gasteiger partial charge in [0.05, 0.1) is 37.7 Å². The van der Waals surface area contributed by atoms with Crippen LogP contribution in [0.1, 0.15) is 19.4 Å². The van der Waals surface area contributed by atoms with Crippen molar-refractivity contribution in [2.45, 2.75) is 26.1 Å². The van der Waals surface area contributed by atoms with E-state index in [9.17, 15) is 9.59 Å². The highest BCUT2D eigenvalue weighted by Crippen LogP contribution is 2.41. The van der Waals surface area contributed by atoms with Crippen LogP contribution in [0, 0.1) is 0 Å². The first-order valence-electron chi connectivity index (χ1n) is 10.4. The highest BCUT2D eigenvalue weighted by molar-refractivity contribution is 6.45. The number of rotatable bonds is 5. The molecule has 0 aliphatic carbocycles. The first-order chi connectivity index (χ1) is 15.3. The molecular formula is C24H25ClN2O5. The molecule has 32 heavy (non-hydrogen) atoms. The summed E-state index contributed by atoms with van der Waals surface area (Å²) < 4.78 is 16.6. The molecule has 7 nitrogen and oxygen atoms in total. The van der Waals surface area contributed by atoms with Crippen LogP contribution in [-0.4, -0.2) is 56.2 Å². The number of nitrogens with zero attached hydrogens (tertiary/aromatic N) is 2. The quantitative estimate of drug-likeness (QED) is 0.638. The largest absolute Gasteiger partial charge is 0.497 e. The lowest BCUT2D eigenvalue weighted by Gasteiger charge is -2.37. The van der Waals surface area contributed by atoms with Crippen molar-refractivity contribution >= 4 is 34.7 Å².